The van der Waals surface area contributed by atoms with Gasteiger partial charge in [0.25, 0.3) is 0 Å². The Bertz CT molecular complexity index is 977. The summed E-state index contributed by atoms with van der Waals surface area (Å²) in [5.41, 5.74) is 6.17. The molecule has 0 unspecified atom stereocenters. The van der Waals surface area contributed by atoms with Gasteiger partial charge in [-0.25, -0.2) is 0 Å². The van der Waals surface area contributed by atoms with Crippen LogP contribution >= 0.6 is 22.6 Å². The van der Waals surface area contributed by atoms with E-state index in [4.69, 9.17) is 14.2 Å². The maximum absolute atomic E-state index is 6.06. The highest BCUT2D eigenvalue weighted by atomic mass is 127. The molecule has 0 spiro atoms. The monoisotopic (exact) mass is 516 g/mol. The summed E-state index contributed by atoms with van der Waals surface area (Å²) >= 11 is 2.27. The molecule has 0 amide bonds. The topological polar surface area (TPSA) is 52.1 Å². The number of nitrogens with zero attached hydrogens (tertiary/aromatic N) is 1. The number of rotatable bonds is 10. The van der Waals surface area contributed by atoms with E-state index in [9.17, 15) is 0 Å². The number of methoxy groups -OCH3 is 1. The number of nitrogens with one attached hydrogen (secondary N) is 1. The molecule has 156 valence electrons. The molecule has 30 heavy (non-hydrogen) atoms. The quantitative estimate of drug-likeness (QED) is 0.223. The highest BCUT2D eigenvalue weighted by molar-refractivity contribution is 14.1. The average molecular weight is 516 g/mol. The largest absolute Gasteiger partial charge is 0.496 e. The van der Waals surface area contributed by atoms with Crippen LogP contribution in [-0.2, 0) is 13.2 Å². The van der Waals surface area contributed by atoms with E-state index in [0.29, 0.717) is 25.5 Å². The molecule has 0 bridgehead atoms. The van der Waals surface area contributed by atoms with Crippen LogP contribution < -0.4 is 19.6 Å². The van der Waals surface area contributed by atoms with Gasteiger partial charge in [-0.1, -0.05) is 48.5 Å². The zero-order chi connectivity index (χ0) is 21.2. The van der Waals surface area contributed by atoms with Crippen molar-refractivity contribution in [2.45, 2.75) is 20.1 Å². The van der Waals surface area contributed by atoms with E-state index in [-0.39, 0.29) is 0 Å². The minimum atomic E-state index is 0.491. The van der Waals surface area contributed by atoms with Gasteiger partial charge in [0.2, 0.25) is 0 Å². The van der Waals surface area contributed by atoms with Crippen LogP contribution in [-0.4, -0.2) is 19.9 Å². The molecule has 0 saturated carbocycles. The van der Waals surface area contributed by atoms with E-state index in [2.05, 4.69) is 33.1 Å². The molecule has 5 nitrogen and oxygen atoms in total. The second kappa shape index (κ2) is 11.4. The Labute approximate surface area is 191 Å². The van der Waals surface area contributed by atoms with Gasteiger partial charge in [-0.15, -0.1) is 0 Å². The van der Waals surface area contributed by atoms with E-state index in [1.165, 1.54) is 0 Å². The van der Waals surface area contributed by atoms with Crippen LogP contribution in [0.2, 0.25) is 0 Å². The molecule has 0 aromatic heterocycles. The number of hydrogen-bond donors (Lipinski definition) is 1. The van der Waals surface area contributed by atoms with Gasteiger partial charge in [0, 0.05) is 5.56 Å². The fourth-order valence-electron chi connectivity index (χ4n) is 2.90. The van der Waals surface area contributed by atoms with Crippen molar-refractivity contribution in [3.63, 3.8) is 0 Å². The average Bonchev–Trinajstić information content (AvgIpc) is 2.77. The lowest BCUT2D eigenvalue weighted by Gasteiger charge is -2.14. The van der Waals surface area contributed by atoms with Crippen LogP contribution in [0.3, 0.4) is 0 Å². The minimum absolute atomic E-state index is 0.491. The molecule has 3 aromatic carbocycles. The van der Waals surface area contributed by atoms with Gasteiger partial charge in [-0.3, -0.25) is 0 Å². The van der Waals surface area contributed by atoms with E-state index in [1.54, 1.807) is 13.3 Å². The van der Waals surface area contributed by atoms with Gasteiger partial charge in [0.1, 0.15) is 12.4 Å². The highest BCUT2D eigenvalue weighted by Gasteiger charge is 2.12. The second-order valence-corrected chi connectivity index (χ2v) is 7.60. The number of halogens is 1. The number of ether oxygens (including phenoxy) is 3. The molecule has 0 aliphatic heterocycles. The van der Waals surface area contributed by atoms with Crippen LogP contribution in [0, 0.1) is 3.57 Å². The Balaban J connectivity index is 1.68. The summed E-state index contributed by atoms with van der Waals surface area (Å²) in [7, 11) is 1.67. The van der Waals surface area contributed by atoms with E-state index in [1.807, 2.05) is 73.7 Å². The van der Waals surface area contributed by atoms with Crippen molar-refractivity contribution >= 4 is 28.8 Å². The minimum Gasteiger partial charge on any atom is -0.496 e. The Morgan fingerprint density at radius 2 is 1.73 bits per heavy atom. The molecule has 0 saturated heterocycles. The first-order chi connectivity index (χ1) is 14.7. The van der Waals surface area contributed by atoms with Crippen LogP contribution in [0.5, 0.6) is 17.2 Å². The fourth-order valence-corrected chi connectivity index (χ4v) is 3.68. The Morgan fingerprint density at radius 3 is 2.50 bits per heavy atom. The molecule has 1 N–H and O–H groups in total. The number of hydrazone groups is 1. The maximum Gasteiger partial charge on any atom is 0.175 e. The zero-order valence-electron chi connectivity index (χ0n) is 17.1. The van der Waals surface area contributed by atoms with Gasteiger partial charge in [-0.05, 0) is 58.8 Å². The third-order valence-corrected chi connectivity index (χ3v) is 5.13. The molecular formula is C24H25IN2O3. The second-order valence-electron chi connectivity index (χ2n) is 6.44. The third-order valence-electron chi connectivity index (χ3n) is 4.32. The first-order valence-corrected chi connectivity index (χ1v) is 10.8. The summed E-state index contributed by atoms with van der Waals surface area (Å²) < 4.78 is 18.2. The zero-order valence-corrected chi connectivity index (χ0v) is 19.3. The third kappa shape index (κ3) is 6.13. The lowest BCUT2D eigenvalue weighted by Crippen LogP contribution is -2.07. The van der Waals surface area contributed by atoms with E-state index < -0.39 is 0 Å². The molecule has 0 aliphatic carbocycles. The number of para-hydroxylation sites is 1. The van der Waals surface area contributed by atoms with Crippen LogP contribution in [0.4, 0.5) is 0 Å². The molecule has 0 heterocycles. The van der Waals surface area contributed by atoms with Gasteiger partial charge in [0.15, 0.2) is 11.5 Å². The lowest BCUT2D eigenvalue weighted by atomic mass is 10.2. The molecule has 0 aliphatic rings. The number of benzene rings is 3. The maximum atomic E-state index is 6.06. The van der Waals surface area contributed by atoms with E-state index in [0.717, 1.165) is 31.8 Å². The first-order valence-electron chi connectivity index (χ1n) is 9.72. The summed E-state index contributed by atoms with van der Waals surface area (Å²) in [6.07, 6.45) is 1.78. The predicted molar refractivity (Wildman–Crippen MR) is 129 cm³/mol. The molecule has 3 aromatic rings. The van der Waals surface area contributed by atoms with Crippen molar-refractivity contribution in [1.29, 1.82) is 0 Å². The van der Waals surface area contributed by atoms with Crippen molar-refractivity contribution in [3.05, 3.63) is 87.0 Å². The van der Waals surface area contributed by atoms with Crippen LogP contribution in [0.25, 0.3) is 0 Å². The predicted octanol–water partition coefficient (Wildman–Crippen LogP) is 5.40. The van der Waals surface area contributed by atoms with Gasteiger partial charge in [-0.2, -0.15) is 5.10 Å². The van der Waals surface area contributed by atoms with Crippen molar-refractivity contribution in [1.82, 2.24) is 5.43 Å². The molecular weight excluding hydrogens is 491 g/mol. The molecule has 0 radical (unpaired) electrons. The normalized spacial score (nSPS) is 10.8. The smallest absolute Gasteiger partial charge is 0.175 e. The SMILES string of the molecule is CCOc1cc(/C=N\NCc2ccccc2OC)cc(I)c1OCc1ccccc1. The summed E-state index contributed by atoms with van der Waals surface area (Å²) in [6, 6.07) is 21.9. The van der Waals surface area contributed by atoms with Gasteiger partial charge >= 0.3 is 0 Å². The fraction of sp³-hybridized carbons (Fsp3) is 0.208. The first kappa shape index (κ1) is 22.0. The van der Waals surface area contributed by atoms with Crippen molar-refractivity contribution in [3.8, 4) is 17.2 Å². The molecule has 0 atom stereocenters. The van der Waals surface area contributed by atoms with Crippen LogP contribution in [0.15, 0.2) is 71.8 Å². The Kier molecular flexibility index (Phi) is 8.38. The van der Waals surface area contributed by atoms with E-state index >= 15 is 0 Å². The standard InChI is InChI=1S/C24H25IN2O3/c1-3-29-23-14-19(15-26-27-16-20-11-7-8-12-22(20)28-2)13-21(25)24(23)30-17-18-9-5-4-6-10-18/h4-15,27H,3,16-17H2,1-2H3/b26-15-. The summed E-state index contributed by atoms with van der Waals surface area (Å²) in [4.78, 5) is 0. The summed E-state index contributed by atoms with van der Waals surface area (Å²) in [5.74, 6) is 2.31. The Hall–Kier alpha value is -2.74. The lowest BCUT2D eigenvalue weighted by molar-refractivity contribution is 0.267. The summed E-state index contributed by atoms with van der Waals surface area (Å²) in [6.45, 7) is 3.59. The Morgan fingerprint density at radius 1 is 0.967 bits per heavy atom. The van der Waals surface area contributed by atoms with Crippen molar-refractivity contribution < 1.29 is 14.2 Å². The highest BCUT2D eigenvalue weighted by Crippen LogP contribution is 2.34. The molecule has 6 heteroatoms. The van der Waals surface area contributed by atoms with Gasteiger partial charge < -0.3 is 19.6 Å². The molecule has 3 rings (SSSR count). The van der Waals surface area contributed by atoms with Crippen molar-refractivity contribution in [2.75, 3.05) is 13.7 Å². The van der Waals surface area contributed by atoms with Crippen molar-refractivity contribution in [2.24, 2.45) is 5.10 Å². The number of hydrogen-bond acceptors (Lipinski definition) is 5. The molecule has 0 fully saturated rings. The van der Waals surface area contributed by atoms with Gasteiger partial charge in [0.05, 0.1) is 30.0 Å². The summed E-state index contributed by atoms with van der Waals surface area (Å²) in [5, 5.41) is 4.35. The van der Waals surface area contributed by atoms with Crippen LogP contribution in [0.1, 0.15) is 23.6 Å².